The summed E-state index contributed by atoms with van der Waals surface area (Å²) < 4.78 is 39.5. The number of hydrogen-bond donors (Lipinski definition) is 2. The standard InChI is InChI=1S/C16H17FN2O3S/c1-10(2)23(21,22)19-15-9-12(6-7-14(15)18)16(20)11-4-3-5-13(17)8-11/h3-10,19H,18H2,1-2H3. The molecule has 2 rings (SSSR count). The molecule has 0 saturated carbocycles. The summed E-state index contributed by atoms with van der Waals surface area (Å²) in [6.07, 6.45) is 0. The van der Waals surface area contributed by atoms with Gasteiger partial charge < -0.3 is 5.73 Å². The lowest BCUT2D eigenvalue weighted by molar-refractivity contribution is 0.103. The Balaban J connectivity index is 2.39. The molecule has 0 saturated heterocycles. The highest BCUT2D eigenvalue weighted by Gasteiger charge is 2.18. The van der Waals surface area contributed by atoms with Crippen LogP contribution in [0.4, 0.5) is 15.8 Å². The summed E-state index contributed by atoms with van der Waals surface area (Å²) in [7, 11) is -3.59. The summed E-state index contributed by atoms with van der Waals surface area (Å²) in [4.78, 5) is 12.4. The van der Waals surface area contributed by atoms with Crippen molar-refractivity contribution in [2.45, 2.75) is 19.1 Å². The molecule has 2 aromatic carbocycles. The van der Waals surface area contributed by atoms with Crippen LogP contribution in [0.15, 0.2) is 42.5 Å². The average Bonchev–Trinajstić information content (AvgIpc) is 2.48. The molecule has 3 N–H and O–H groups in total. The SMILES string of the molecule is CC(C)S(=O)(=O)Nc1cc(C(=O)c2cccc(F)c2)ccc1N. The lowest BCUT2D eigenvalue weighted by Crippen LogP contribution is -2.23. The largest absolute Gasteiger partial charge is 0.397 e. The van der Waals surface area contributed by atoms with E-state index in [2.05, 4.69) is 4.72 Å². The number of benzene rings is 2. The minimum Gasteiger partial charge on any atom is -0.397 e. The van der Waals surface area contributed by atoms with Gasteiger partial charge in [-0.1, -0.05) is 12.1 Å². The Labute approximate surface area is 134 Å². The molecule has 0 bridgehead atoms. The molecule has 5 nitrogen and oxygen atoms in total. The summed E-state index contributed by atoms with van der Waals surface area (Å²) in [6.45, 7) is 3.06. The minimum absolute atomic E-state index is 0.126. The van der Waals surface area contributed by atoms with Crippen molar-refractivity contribution in [3.05, 3.63) is 59.4 Å². The van der Waals surface area contributed by atoms with Crippen LogP contribution in [0, 0.1) is 5.82 Å². The highest BCUT2D eigenvalue weighted by molar-refractivity contribution is 7.93. The van der Waals surface area contributed by atoms with Gasteiger partial charge in [-0.3, -0.25) is 9.52 Å². The van der Waals surface area contributed by atoms with Gasteiger partial charge in [0.2, 0.25) is 10.0 Å². The predicted octanol–water partition coefficient (Wildman–Crippen LogP) is 2.79. The molecule has 0 unspecified atom stereocenters. The maximum Gasteiger partial charge on any atom is 0.235 e. The van der Waals surface area contributed by atoms with E-state index in [0.29, 0.717) is 0 Å². The summed E-state index contributed by atoms with van der Waals surface area (Å²) in [6, 6.07) is 9.53. The molecular formula is C16H17FN2O3S. The molecule has 2 aromatic rings. The van der Waals surface area contributed by atoms with Gasteiger partial charge in [-0.2, -0.15) is 0 Å². The van der Waals surface area contributed by atoms with Crippen molar-refractivity contribution in [1.29, 1.82) is 0 Å². The van der Waals surface area contributed by atoms with Crippen LogP contribution in [-0.4, -0.2) is 19.5 Å². The Morgan fingerprint density at radius 3 is 2.39 bits per heavy atom. The maximum absolute atomic E-state index is 13.2. The van der Waals surface area contributed by atoms with Crippen LogP contribution in [0.2, 0.25) is 0 Å². The van der Waals surface area contributed by atoms with E-state index in [0.717, 1.165) is 6.07 Å². The third-order valence-electron chi connectivity index (χ3n) is 3.28. The van der Waals surface area contributed by atoms with Crippen molar-refractivity contribution in [1.82, 2.24) is 0 Å². The van der Waals surface area contributed by atoms with Gasteiger partial charge in [-0.25, -0.2) is 12.8 Å². The Morgan fingerprint density at radius 2 is 1.78 bits per heavy atom. The molecule has 0 fully saturated rings. The molecule has 0 amide bonds. The predicted molar refractivity (Wildman–Crippen MR) is 88.4 cm³/mol. The monoisotopic (exact) mass is 336 g/mol. The number of ketones is 1. The number of carbonyl (C=O) groups is 1. The van der Waals surface area contributed by atoms with Crippen LogP contribution < -0.4 is 10.5 Å². The summed E-state index contributed by atoms with van der Waals surface area (Å²) in [5, 5.41) is -0.649. The van der Waals surface area contributed by atoms with Gasteiger partial charge in [0.1, 0.15) is 5.82 Å². The Kier molecular flexibility index (Phi) is 4.70. The molecule has 0 aromatic heterocycles. The molecular weight excluding hydrogens is 319 g/mol. The van der Waals surface area contributed by atoms with Gasteiger partial charge >= 0.3 is 0 Å². The van der Waals surface area contributed by atoms with Crippen LogP contribution in [0.3, 0.4) is 0 Å². The van der Waals surface area contributed by atoms with E-state index >= 15 is 0 Å². The fourth-order valence-corrected chi connectivity index (χ4v) is 2.57. The molecule has 7 heteroatoms. The van der Waals surface area contributed by atoms with E-state index in [-0.39, 0.29) is 22.5 Å². The number of sulfonamides is 1. The normalized spacial score (nSPS) is 11.5. The first-order valence-corrected chi connectivity index (χ1v) is 8.47. The van der Waals surface area contributed by atoms with E-state index in [1.54, 1.807) is 0 Å². The van der Waals surface area contributed by atoms with Gasteiger partial charge in [-0.15, -0.1) is 0 Å². The van der Waals surface area contributed by atoms with Gasteiger partial charge in [0.15, 0.2) is 5.78 Å². The topological polar surface area (TPSA) is 89.3 Å². The number of nitrogen functional groups attached to an aromatic ring is 1. The van der Waals surface area contributed by atoms with Crippen molar-refractivity contribution in [3.8, 4) is 0 Å². The van der Waals surface area contributed by atoms with Crippen molar-refractivity contribution < 1.29 is 17.6 Å². The molecule has 0 spiro atoms. The van der Waals surface area contributed by atoms with Crippen LogP contribution >= 0.6 is 0 Å². The van der Waals surface area contributed by atoms with Gasteiger partial charge in [0.05, 0.1) is 16.6 Å². The zero-order valence-corrected chi connectivity index (χ0v) is 13.5. The quantitative estimate of drug-likeness (QED) is 0.649. The fraction of sp³-hybridized carbons (Fsp3) is 0.188. The molecule has 0 atom stereocenters. The van der Waals surface area contributed by atoms with Crippen LogP contribution in [0.1, 0.15) is 29.8 Å². The number of rotatable bonds is 5. The van der Waals surface area contributed by atoms with E-state index in [1.807, 2.05) is 0 Å². The smallest absolute Gasteiger partial charge is 0.235 e. The Bertz CT molecular complexity index is 848. The number of anilines is 2. The second kappa shape index (κ2) is 6.37. The minimum atomic E-state index is -3.59. The van der Waals surface area contributed by atoms with Crippen LogP contribution in [-0.2, 0) is 10.0 Å². The van der Waals surface area contributed by atoms with Crippen LogP contribution in [0.5, 0.6) is 0 Å². The number of carbonyl (C=O) groups excluding carboxylic acids is 1. The maximum atomic E-state index is 13.2. The van der Waals surface area contributed by atoms with Gasteiger partial charge in [0, 0.05) is 11.1 Å². The first kappa shape index (κ1) is 17.0. The summed E-state index contributed by atoms with van der Waals surface area (Å²) in [5.41, 5.74) is 6.47. The molecule has 0 aliphatic rings. The van der Waals surface area contributed by atoms with E-state index < -0.39 is 26.9 Å². The Morgan fingerprint density at radius 1 is 1.13 bits per heavy atom. The molecule has 0 radical (unpaired) electrons. The molecule has 0 aliphatic carbocycles. The number of nitrogens with two attached hydrogens (primary N) is 1. The molecule has 23 heavy (non-hydrogen) atoms. The summed E-state index contributed by atoms with van der Waals surface area (Å²) >= 11 is 0. The highest BCUT2D eigenvalue weighted by Crippen LogP contribution is 2.24. The lowest BCUT2D eigenvalue weighted by atomic mass is 10.0. The number of nitrogens with one attached hydrogen (secondary N) is 1. The van der Waals surface area contributed by atoms with E-state index in [4.69, 9.17) is 5.73 Å². The van der Waals surface area contributed by atoms with Crippen molar-refractivity contribution in [2.75, 3.05) is 10.5 Å². The zero-order chi connectivity index (χ0) is 17.2. The third kappa shape index (κ3) is 3.87. The molecule has 0 heterocycles. The second-order valence-corrected chi connectivity index (χ2v) is 7.57. The number of halogens is 1. The number of hydrogen-bond acceptors (Lipinski definition) is 4. The second-order valence-electron chi connectivity index (χ2n) is 5.34. The molecule has 0 aliphatic heterocycles. The first-order chi connectivity index (χ1) is 10.7. The lowest BCUT2D eigenvalue weighted by Gasteiger charge is -2.13. The van der Waals surface area contributed by atoms with Crippen molar-refractivity contribution >= 4 is 27.2 Å². The molecule has 122 valence electrons. The highest BCUT2D eigenvalue weighted by atomic mass is 32.2. The van der Waals surface area contributed by atoms with E-state index in [9.17, 15) is 17.6 Å². The van der Waals surface area contributed by atoms with Crippen LogP contribution in [0.25, 0.3) is 0 Å². The van der Waals surface area contributed by atoms with Crippen molar-refractivity contribution in [2.24, 2.45) is 0 Å². The van der Waals surface area contributed by atoms with E-state index in [1.165, 1.54) is 50.2 Å². The third-order valence-corrected chi connectivity index (χ3v) is 5.02. The fourth-order valence-electron chi connectivity index (χ4n) is 1.85. The zero-order valence-electron chi connectivity index (χ0n) is 12.7. The van der Waals surface area contributed by atoms with Gasteiger partial charge in [-0.05, 0) is 44.2 Å². The average molecular weight is 336 g/mol. The van der Waals surface area contributed by atoms with Crippen molar-refractivity contribution in [3.63, 3.8) is 0 Å². The van der Waals surface area contributed by atoms with Gasteiger partial charge in [0.25, 0.3) is 0 Å². The first-order valence-electron chi connectivity index (χ1n) is 6.92. The Hall–Kier alpha value is -2.41. The summed E-state index contributed by atoms with van der Waals surface area (Å²) in [5.74, 6) is -0.943.